The van der Waals surface area contributed by atoms with Gasteiger partial charge in [-0.05, 0) is 44.6 Å². The molecular weight excluding hydrogens is 188 g/mol. The van der Waals surface area contributed by atoms with Crippen LogP contribution in [0.2, 0.25) is 13.1 Å². The van der Waals surface area contributed by atoms with Gasteiger partial charge in [0.05, 0.1) is 0 Å². The summed E-state index contributed by atoms with van der Waals surface area (Å²) in [4.78, 5) is 0. The first-order valence-electron chi connectivity index (χ1n) is 5.17. The Kier molecular flexibility index (Phi) is 3.51. The van der Waals surface area contributed by atoms with Crippen molar-refractivity contribution in [2.24, 2.45) is 0 Å². The largest absolute Gasteiger partial charge is 0.411 e. The van der Waals surface area contributed by atoms with E-state index in [0.717, 1.165) is 0 Å². The maximum atomic E-state index is 6.04. The molecule has 0 amide bonds. The summed E-state index contributed by atoms with van der Waals surface area (Å²) in [7, 11) is -1.69. The van der Waals surface area contributed by atoms with Crippen LogP contribution in [0.1, 0.15) is 19.4 Å². The number of hydrogen-bond acceptors (Lipinski definition) is 1. The molecule has 0 saturated carbocycles. The number of aryl methyl sites for hydroxylation is 1. The van der Waals surface area contributed by atoms with E-state index in [2.05, 4.69) is 58.1 Å². The lowest BCUT2D eigenvalue weighted by atomic mass is 10.2. The molecule has 1 aromatic carbocycles. The summed E-state index contributed by atoms with van der Waals surface area (Å²) >= 11 is 0. The average Bonchev–Trinajstić information content (AvgIpc) is 2.02. The van der Waals surface area contributed by atoms with Gasteiger partial charge in [-0.15, -0.1) is 0 Å². The van der Waals surface area contributed by atoms with Gasteiger partial charge in [-0.2, -0.15) is 0 Å². The third kappa shape index (κ3) is 2.69. The summed E-state index contributed by atoms with van der Waals surface area (Å²) < 4.78 is 6.04. The zero-order valence-corrected chi connectivity index (χ0v) is 10.8. The van der Waals surface area contributed by atoms with Crippen molar-refractivity contribution in [1.29, 1.82) is 0 Å². The molecular formula is C12H20OSi. The highest BCUT2D eigenvalue weighted by Crippen LogP contribution is 2.10. The summed E-state index contributed by atoms with van der Waals surface area (Å²) in [6, 6.07) is 8.54. The Hall–Kier alpha value is -0.603. The fourth-order valence-corrected chi connectivity index (χ4v) is 4.74. The summed E-state index contributed by atoms with van der Waals surface area (Å²) in [5, 5.41) is 1.41. The van der Waals surface area contributed by atoms with E-state index in [-0.39, 0.29) is 0 Å². The lowest BCUT2D eigenvalue weighted by molar-refractivity contribution is 0.238. The fourth-order valence-electron chi connectivity index (χ4n) is 1.90. The van der Waals surface area contributed by atoms with Crippen molar-refractivity contribution in [3.63, 3.8) is 0 Å². The van der Waals surface area contributed by atoms with Crippen molar-refractivity contribution in [3.8, 4) is 0 Å². The van der Waals surface area contributed by atoms with E-state index in [1.54, 1.807) is 0 Å². The first kappa shape index (κ1) is 11.5. The van der Waals surface area contributed by atoms with Crippen molar-refractivity contribution < 1.29 is 4.43 Å². The van der Waals surface area contributed by atoms with Crippen LogP contribution < -0.4 is 5.19 Å². The normalized spacial score (nSPS) is 12.1. The minimum Gasteiger partial charge on any atom is -0.411 e. The first-order chi connectivity index (χ1) is 6.43. The molecule has 0 N–H and O–H groups in total. The third-order valence-corrected chi connectivity index (χ3v) is 5.24. The van der Waals surface area contributed by atoms with Crippen LogP contribution in [0, 0.1) is 6.92 Å². The Morgan fingerprint density at radius 2 is 1.71 bits per heavy atom. The second kappa shape index (κ2) is 4.28. The predicted octanol–water partition coefficient (Wildman–Crippen LogP) is 2.83. The standard InChI is InChI=1S/C12H20OSi/c1-10(2)13-14(4,5)12-9-7-6-8-11(12)3/h6-10H,1-5H3. The molecule has 1 nitrogen and oxygen atoms in total. The second-order valence-corrected chi connectivity index (χ2v) is 8.29. The lowest BCUT2D eigenvalue weighted by Gasteiger charge is -2.27. The molecule has 0 unspecified atom stereocenters. The third-order valence-electron chi connectivity index (χ3n) is 2.32. The summed E-state index contributed by atoms with van der Waals surface area (Å²) in [5.74, 6) is 0. The van der Waals surface area contributed by atoms with Crippen LogP contribution >= 0.6 is 0 Å². The van der Waals surface area contributed by atoms with Crippen molar-refractivity contribution in [2.45, 2.75) is 40.0 Å². The van der Waals surface area contributed by atoms with Crippen LogP contribution in [0.4, 0.5) is 0 Å². The molecule has 78 valence electrons. The first-order valence-corrected chi connectivity index (χ1v) is 8.08. The topological polar surface area (TPSA) is 9.23 Å². The molecule has 2 heteroatoms. The average molecular weight is 208 g/mol. The van der Waals surface area contributed by atoms with Gasteiger partial charge in [0.1, 0.15) is 0 Å². The molecule has 0 radical (unpaired) electrons. The lowest BCUT2D eigenvalue weighted by Crippen LogP contribution is -2.47. The Labute approximate surface area is 88.2 Å². The van der Waals surface area contributed by atoms with Crippen LogP contribution in [0.5, 0.6) is 0 Å². The fraction of sp³-hybridized carbons (Fsp3) is 0.500. The molecule has 0 aliphatic heterocycles. The smallest absolute Gasteiger partial charge is 0.218 e. The minimum absolute atomic E-state index is 0.316. The van der Waals surface area contributed by atoms with Crippen LogP contribution in [0.15, 0.2) is 24.3 Å². The Balaban J connectivity index is 2.97. The minimum atomic E-state index is -1.69. The monoisotopic (exact) mass is 208 g/mol. The molecule has 0 bridgehead atoms. The van der Waals surface area contributed by atoms with Crippen LogP contribution in [-0.2, 0) is 4.43 Å². The van der Waals surface area contributed by atoms with Gasteiger partial charge in [0.15, 0.2) is 0 Å². The highest BCUT2D eigenvalue weighted by Gasteiger charge is 2.27. The van der Waals surface area contributed by atoms with Gasteiger partial charge in [0, 0.05) is 6.10 Å². The van der Waals surface area contributed by atoms with E-state index < -0.39 is 8.32 Å². The molecule has 14 heavy (non-hydrogen) atoms. The molecule has 0 fully saturated rings. The van der Waals surface area contributed by atoms with Gasteiger partial charge in [0.2, 0.25) is 8.32 Å². The van der Waals surface area contributed by atoms with Gasteiger partial charge >= 0.3 is 0 Å². The van der Waals surface area contributed by atoms with E-state index in [1.807, 2.05) is 0 Å². The van der Waals surface area contributed by atoms with E-state index in [0.29, 0.717) is 6.10 Å². The van der Waals surface area contributed by atoms with Crippen LogP contribution in [-0.4, -0.2) is 14.4 Å². The quantitative estimate of drug-likeness (QED) is 0.694. The molecule has 0 aliphatic carbocycles. The predicted molar refractivity (Wildman–Crippen MR) is 64.5 cm³/mol. The van der Waals surface area contributed by atoms with Gasteiger partial charge in [-0.1, -0.05) is 24.3 Å². The van der Waals surface area contributed by atoms with Crippen LogP contribution in [0.25, 0.3) is 0 Å². The SMILES string of the molecule is Cc1ccccc1[Si](C)(C)OC(C)C. The summed E-state index contributed by atoms with van der Waals surface area (Å²) in [6.45, 7) is 10.9. The number of rotatable bonds is 3. The van der Waals surface area contributed by atoms with Crippen molar-refractivity contribution in [3.05, 3.63) is 29.8 Å². The van der Waals surface area contributed by atoms with E-state index in [9.17, 15) is 0 Å². The van der Waals surface area contributed by atoms with Crippen molar-refractivity contribution >= 4 is 13.5 Å². The molecule has 0 aliphatic rings. The van der Waals surface area contributed by atoms with Gasteiger partial charge in [0.25, 0.3) is 0 Å². The van der Waals surface area contributed by atoms with Gasteiger partial charge < -0.3 is 4.43 Å². The number of hydrogen-bond donors (Lipinski definition) is 0. The van der Waals surface area contributed by atoms with Crippen molar-refractivity contribution in [1.82, 2.24) is 0 Å². The zero-order valence-electron chi connectivity index (χ0n) is 9.79. The molecule has 0 heterocycles. The highest BCUT2D eigenvalue weighted by molar-refractivity contribution is 6.84. The van der Waals surface area contributed by atoms with Gasteiger partial charge in [-0.3, -0.25) is 0 Å². The molecule has 1 aromatic rings. The maximum Gasteiger partial charge on any atom is 0.218 e. The maximum absolute atomic E-state index is 6.04. The Morgan fingerprint density at radius 3 is 2.21 bits per heavy atom. The highest BCUT2D eigenvalue weighted by atomic mass is 28.4. The summed E-state index contributed by atoms with van der Waals surface area (Å²) in [6.07, 6.45) is 0.316. The van der Waals surface area contributed by atoms with E-state index >= 15 is 0 Å². The number of benzene rings is 1. The van der Waals surface area contributed by atoms with E-state index in [1.165, 1.54) is 10.8 Å². The Bertz CT molecular complexity index is 305. The molecule has 0 aromatic heterocycles. The van der Waals surface area contributed by atoms with Gasteiger partial charge in [-0.25, -0.2) is 0 Å². The zero-order chi connectivity index (χ0) is 10.8. The van der Waals surface area contributed by atoms with E-state index in [4.69, 9.17) is 4.43 Å². The molecule has 0 saturated heterocycles. The second-order valence-electron chi connectivity index (χ2n) is 4.49. The Morgan fingerprint density at radius 1 is 1.14 bits per heavy atom. The van der Waals surface area contributed by atoms with Crippen LogP contribution in [0.3, 0.4) is 0 Å². The summed E-state index contributed by atoms with van der Waals surface area (Å²) in [5.41, 5.74) is 1.35. The van der Waals surface area contributed by atoms with Crippen molar-refractivity contribution in [2.75, 3.05) is 0 Å². The molecule has 0 atom stereocenters. The molecule has 0 spiro atoms. The molecule has 1 rings (SSSR count).